The molecule has 2 amide bonds. The van der Waals surface area contributed by atoms with Gasteiger partial charge in [-0.05, 0) is 42.7 Å². The molecule has 9 nitrogen and oxygen atoms in total. The zero-order valence-electron chi connectivity index (χ0n) is 23.8. The fraction of sp³-hybridized carbons (Fsp3) is 0.242. The van der Waals surface area contributed by atoms with Crippen molar-refractivity contribution in [2.24, 2.45) is 7.05 Å². The molecule has 4 heterocycles. The Morgan fingerprint density at radius 3 is 2.43 bits per heavy atom. The normalized spacial score (nSPS) is 13.4. The van der Waals surface area contributed by atoms with Crippen LogP contribution in [-0.4, -0.2) is 69.0 Å². The minimum Gasteiger partial charge on any atom is -0.352 e. The van der Waals surface area contributed by atoms with Crippen molar-refractivity contribution in [2.75, 3.05) is 37.6 Å². The number of nitrogens with zero attached hydrogens (tertiary/aromatic N) is 6. The van der Waals surface area contributed by atoms with E-state index in [0.29, 0.717) is 45.0 Å². The number of aromatic nitrogens is 4. The van der Waals surface area contributed by atoms with Crippen LogP contribution in [0.2, 0.25) is 0 Å². The van der Waals surface area contributed by atoms with Gasteiger partial charge < -0.3 is 19.7 Å². The van der Waals surface area contributed by atoms with E-state index in [9.17, 15) is 9.59 Å². The lowest BCUT2D eigenvalue weighted by atomic mass is 10.0. The van der Waals surface area contributed by atoms with Crippen LogP contribution >= 0.6 is 0 Å². The van der Waals surface area contributed by atoms with Crippen LogP contribution in [0.15, 0.2) is 85.5 Å². The molecule has 0 saturated carbocycles. The van der Waals surface area contributed by atoms with Gasteiger partial charge in [-0.25, -0.2) is 9.97 Å². The SMILES string of the molecule is Cc1ccc2c(c1)c(C(=O)N1CCN(c3cnc(C(=O)NCCc4cccnc4)cn3)CC1)c(-c1ccccc1)n2C. The van der Waals surface area contributed by atoms with Crippen molar-refractivity contribution in [2.45, 2.75) is 13.3 Å². The number of pyridine rings is 1. The minimum absolute atomic E-state index is 0.0362. The van der Waals surface area contributed by atoms with Gasteiger partial charge in [-0.3, -0.25) is 14.6 Å². The van der Waals surface area contributed by atoms with Crippen LogP contribution in [0.1, 0.15) is 32.0 Å². The summed E-state index contributed by atoms with van der Waals surface area (Å²) < 4.78 is 2.12. The van der Waals surface area contributed by atoms with Crippen LogP contribution in [0.5, 0.6) is 0 Å². The van der Waals surface area contributed by atoms with Crippen LogP contribution in [0, 0.1) is 6.92 Å². The number of rotatable bonds is 7. The van der Waals surface area contributed by atoms with Crippen molar-refractivity contribution < 1.29 is 9.59 Å². The molecule has 1 fully saturated rings. The predicted octanol–water partition coefficient (Wildman–Crippen LogP) is 4.27. The third kappa shape index (κ3) is 5.45. The molecule has 5 aromatic rings. The van der Waals surface area contributed by atoms with Crippen molar-refractivity contribution in [3.8, 4) is 11.3 Å². The predicted molar refractivity (Wildman–Crippen MR) is 164 cm³/mol. The lowest BCUT2D eigenvalue weighted by molar-refractivity contribution is 0.0748. The number of anilines is 1. The summed E-state index contributed by atoms with van der Waals surface area (Å²) in [5.74, 6) is 0.474. The molecule has 1 N–H and O–H groups in total. The molecule has 9 heteroatoms. The highest BCUT2D eigenvalue weighted by Gasteiger charge is 2.29. The van der Waals surface area contributed by atoms with E-state index in [4.69, 9.17) is 0 Å². The molecular weight excluding hydrogens is 526 g/mol. The lowest BCUT2D eigenvalue weighted by Crippen LogP contribution is -2.49. The lowest BCUT2D eigenvalue weighted by Gasteiger charge is -2.35. The van der Waals surface area contributed by atoms with Gasteiger partial charge in [0.1, 0.15) is 11.5 Å². The molecule has 1 aliphatic heterocycles. The van der Waals surface area contributed by atoms with Crippen molar-refractivity contribution in [3.63, 3.8) is 0 Å². The van der Waals surface area contributed by atoms with E-state index >= 15 is 0 Å². The molecule has 3 aromatic heterocycles. The van der Waals surface area contributed by atoms with Crippen molar-refractivity contribution in [1.82, 2.24) is 29.7 Å². The summed E-state index contributed by atoms with van der Waals surface area (Å²) >= 11 is 0. The van der Waals surface area contributed by atoms with Crippen LogP contribution < -0.4 is 10.2 Å². The number of carbonyl (C=O) groups excluding carboxylic acids is 2. The molecular formula is C33H33N7O2. The molecule has 212 valence electrons. The number of fused-ring (bicyclic) bond motifs is 1. The Morgan fingerprint density at radius 2 is 1.71 bits per heavy atom. The zero-order chi connectivity index (χ0) is 29.1. The molecule has 0 aliphatic carbocycles. The number of nitrogens with one attached hydrogen (secondary N) is 1. The number of amides is 2. The first-order valence-corrected chi connectivity index (χ1v) is 14.2. The molecule has 0 unspecified atom stereocenters. The third-order valence-corrected chi connectivity index (χ3v) is 7.80. The molecule has 0 radical (unpaired) electrons. The molecule has 2 aromatic carbocycles. The van der Waals surface area contributed by atoms with Gasteiger partial charge in [0.25, 0.3) is 11.8 Å². The first-order valence-electron chi connectivity index (χ1n) is 14.2. The van der Waals surface area contributed by atoms with Crippen LogP contribution in [0.3, 0.4) is 0 Å². The molecule has 6 rings (SSSR count). The van der Waals surface area contributed by atoms with E-state index < -0.39 is 0 Å². The maximum Gasteiger partial charge on any atom is 0.271 e. The third-order valence-electron chi connectivity index (χ3n) is 7.80. The van der Waals surface area contributed by atoms with Crippen LogP contribution in [-0.2, 0) is 13.5 Å². The Balaban J connectivity index is 1.13. The van der Waals surface area contributed by atoms with Crippen LogP contribution in [0.4, 0.5) is 5.82 Å². The summed E-state index contributed by atoms with van der Waals surface area (Å²) in [6, 6.07) is 20.2. The summed E-state index contributed by atoms with van der Waals surface area (Å²) in [6.07, 6.45) is 7.36. The molecule has 0 spiro atoms. The number of hydrogen-bond donors (Lipinski definition) is 1. The Labute approximate surface area is 244 Å². The average Bonchev–Trinajstić information content (AvgIpc) is 3.32. The maximum atomic E-state index is 14.1. The number of piperazine rings is 1. The summed E-state index contributed by atoms with van der Waals surface area (Å²) in [7, 11) is 2.03. The van der Waals surface area contributed by atoms with Crippen molar-refractivity contribution in [1.29, 1.82) is 0 Å². The Kier molecular flexibility index (Phi) is 7.64. The quantitative estimate of drug-likeness (QED) is 0.320. The number of hydrogen-bond acceptors (Lipinski definition) is 6. The fourth-order valence-corrected chi connectivity index (χ4v) is 5.56. The molecule has 1 saturated heterocycles. The van der Waals surface area contributed by atoms with Gasteiger partial charge in [-0.15, -0.1) is 0 Å². The van der Waals surface area contributed by atoms with E-state index in [1.807, 2.05) is 42.3 Å². The summed E-state index contributed by atoms with van der Waals surface area (Å²) in [5.41, 5.74) is 6.20. The monoisotopic (exact) mass is 559 g/mol. The number of aryl methyl sites for hydroxylation is 2. The Bertz CT molecular complexity index is 1710. The van der Waals surface area contributed by atoms with Crippen molar-refractivity contribution >= 4 is 28.5 Å². The molecule has 42 heavy (non-hydrogen) atoms. The number of benzene rings is 2. The van der Waals surface area contributed by atoms with Gasteiger partial charge in [0, 0.05) is 63.1 Å². The summed E-state index contributed by atoms with van der Waals surface area (Å²) in [6.45, 7) is 4.93. The highest BCUT2D eigenvalue weighted by atomic mass is 16.2. The summed E-state index contributed by atoms with van der Waals surface area (Å²) in [4.78, 5) is 43.6. The highest BCUT2D eigenvalue weighted by Crippen LogP contribution is 2.35. The second-order valence-electron chi connectivity index (χ2n) is 10.6. The second-order valence-corrected chi connectivity index (χ2v) is 10.6. The Morgan fingerprint density at radius 1 is 0.905 bits per heavy atom. The fourth-order valence-electron chi connectivity index (χ4n) is 5.56. The smallest absolute Gasteiger partial charge is 0.271 e. The number of carbonyl (C=O) groups is 2. The Hall–Kier alpha value is -5.05. The maximum absolute atomic E-state index is 14.1. The largest absolute Gasteiger partial charge is 0.352 e. The van der Waals surface area contributed by atoms with Crippen molar-refractivity contribution in [3.05, 3.63) is 108 Å². The average molecular weight is 560 g/mol. The first kappa shape index (κ1) is 27.1. The molecule has 0 atom stereocenters. The zero-order valence-corrected chi connectivity index (χ0v) is 23.8. The van der Waals surface area contributed by atoms with Gasteiger partial charge in [-0.2, -0.15) is 0 Å². The van der Waals surface area contributed by atoms with Gasteiger partial charge in [0.05, 0.1) is 23.7 Å². The van der Waals surface area contributed by atoms with E-state index in [2.05, 4.69) is 67.0 Å². The standard InChI is InChI=1S/C33H33N7O2/c1-23-10-11-28-26(19-23)30(31(38(28)2)25-8-4-3-5-9-25)33(42)40-17-15-39(16-18-40)29-22-36-27(21-37-29)32(41)35-14-12-24-7-6-13-34-20-24/h3-11,13,19-22H,12,14-18H2,1-2H3,(H,35,41). The highest BCUT2D eigenvalue weighted by molar-refractivity contribution is 6.13. The van der Waals surface area contributed by atoms with Gasteiger partial charge in [-0.1, -0.05) is 48.0 Å². The van der Waals surface area contributed by atoms with E-state index in [0.717, 1.165) is 38.9 Å². The first-order chi connectivity index (χ1) is 20.5. The van der Waals surface area contributed by atoms with E-state index in [1.54, 1.807) is 18.6 Å². The molecule has 0 bridgehead atoms. The van der Waals surface area contributed by atoms with E-state index in [1.165, 1.54) is 6.20 Å². The van der Waals surface area contributed by atoms with Gasteiger partial charge in [0.2, 0.25) is 0 Å². The minimum atomic E-state index is -0.257. The second kappa shape index (κ2) is 11.8. The summed E-state index contributed by atoms with van der Waals surface area (Å²) in [5, 5.41) is 3.86. The van der Waals surface area contributed by atoms with E-state index in [-0.39, 0.29) is 17.5 Å². The molecule has 1 aliphatic rings. The van der Waals surface area contributed by atoms with Crippen LogP contribution in [0.25, 0.3) is 22.2 Å². The van der Waals surface area contributed by atoms with Gasteiger partial charge in [0.15, 0.2) is 0 Å². The topological polar surface area (TPSA) is 96.2 Å². The van der Waals surface area contributed by atoms with Gasteiger partial charge >= 0.3 is 0 Å².